The number of nitrogens with two attached hydrogens (primary N) is 1. The molecular formula is C17H27N3O. The van der Waals surface area contributed by atoms with Crippen LogP contribution in [-0.2, 0) is 0 Å². The third kappa shape index (κ3) is 3.10. The van der Waals surface area contributed by atoms with Crippen LogP contribution < -0.4 is 15.4 Å². The van der Waals surface area contributed by atoms with Gasteiger partial charge < -0.3 is 15.4 Å². The zero-order chi connectivity index (χ0) is 14.8. The van der Waals surface area contributed by atoms with E-state index in [0.717, 1.165) is 30.2 Å². The van der Waals surface area contributed by atoms with Gasteiger partial charge in [0.05, 0.1) is 17.5 Å². The number of hydrogen-bond acceptors (Lipinski definition) is 4. The number of para-hydroxylation sites is 1. The highest BCUT2D eigenvalue weighted by Gasteiger charge is 2.29. The molecule has 2 fully saturated rings. The fourth-order valence-electron chi connectivity index (χ4n) is 3.59. The lowest BCUT2D eigenvalue weighted by Gasteiger charge is -2.29. The third-order valence-corrected chi connectivity index (χ3v) is 4.55. The van der Waals surface area contributed by atoms with Crippen LogP contribution in [0.3, 0.4) is 0 Å². The zero-order valence-corrected chi connectivity index (χ0v) is 13.2. The van der Waals surface area contributed by atoms with Crippen LogP contribution in [0.15, 0.2) is 18.2 Å². The van der Waals surface area contributed by atoms with E-state index in [1.807, 2.05) is 19.9 Å². The molecule has 2 aliphatic heterocycles. The Balaban J connectivity index is 1.82. The van der Waals surface area contributed by atoms with Crippen molar-refractivity contribution in [3.63, 3.8) is 0 Å². The minimum atomic E-state index is 0.150. The summed E-state index contributed by atoms with van der Waals surface area (Å²) in [5.74, 6) is 0.815. The molecule has 2 heterocycles. The zero-order valence-electron chi connectivity index (χ0n) is 13.2. The molecule has 1 aromatic carbocycles. The van der Waals surface area contributed by atoms with Gasteiger partial charge in [-0.1, -0.05) is 6.07 Å². The lowest BCUT2D eigenvalue weighted by molar-refractivity contribution is 0.244. The Morgan fingerprint density at radius 2 is 2.00 bits per heavy atom. The van der Waals surface area contributed by atoms with Crippen LogP contribution in [0.4, 0.5) is 11.4 Å². The van der Waals surface area contributed by atoms with Gasteiger partial charge in [-0.3, -0.25) is 4.90 Å². The van der Waals surface area contributed by atoms with Crippen molar-refractivity contribution in [2.75, 3.05) is 36.8 Å². The maximum Gasteiger partial charge on any atom is 0.144 e. The van der Waals surface area contributed by atoms with Gasteiger partial charge >= 0.3 is 0 Å². The summed E-state index contributed by atoms with van der Waals surface area (Å²) >= 11 is 0. The lowest BCUT2D eigenvalue weighted by atomic mass is 10.1. The van der Waals surface area contributed by atoms with Crippen molar-refractivity contribution in [2.45, 2.75) is 45.3 Å². The van der Waals surface area contributed by atoms with E-state index in [0.29, 0.717) is 6.04 Å². The van der Waals surface area contributed by atoms with E-state index in [2.05, 4.69) is 21.9 Å². The first kappa shape index (κ1) is 14.5. The second kappa shape index (κ2) is 6.14. The molecule has 0 radical (unpaired) electrons. The number of hydrogen-bond donors (Lipinski definition) is 1. The average molecular weight is 289 g/mol. The van der Waals surface area contributed by atoms with Crippen molar-refractivity contribution >= 4 is 11.4 Å². The van der Waals surface area contributed by atoms with Crippen LogP contribution >= 0.6 is 0 Å². The number of nitrogen functional groups attached to an aromatic ring is 1. The summed E-state index contributed by atoms with van der Waals surface area (Å²) in [7, 11) is 0. The molecule has 116 valence electrons. The highest BCUT2D eigenvalue weighted by molar-refractivity contribution is 5.74. The maximum absolute atomic E-state index is 6.37. The fraction of sp³-hybridized carbons (Fsp3) is 0.647. The van der Waals surface area contributed by atoms with Gasteiger partial charge in [0.1, 0.15) is 5.75 Å². The number of nitrogens with zero attached hydrogens (tertiary/aromatic N) is 2. The summed E-state index contributed by atoms with van der Waals surface area (Å²) in [6.07, 6.45) is 4.02. The van der Waals surface area contributed by atoms with Gasteiger partial charge in [-0.05, 0) is 51.8 Å². The summed E-state index contributed by atoms with van der Waals surface area (Å²) in [6, 6.07) is 6.86. The maximum atomic E-state index is 6.37. The normalized spacial score (nSPS) is 23.2. The van der Waals surface area contributed by atoms with Crippen LogP contribution in [0, 0.1) is 0 Å². The van der Waals surface area contributed by atoms with Crippen molar-refractivity contribution in [1.29, 1.82) is 0 Å². The number of benzene rings is 1. The van der Waals surface area contributed by atoms with E-state index < -0.39 is 0 Å². The van der Waals surface area contributed by atoms with E-state index in [4.69, 9.17) is 10.5 Å². The van der Waals surface area contributed by atoms with E-state index in [-0.39, 0.29) is 6.10 Å². The molecule has 3 rings (SSSR count). The number of ether oxygens (including phenoxy) is 1. The Labute approximate surface area is 127 Å². The topological polar surface area (TPSA) is 41.7 Å². The van der Waals surface area contributed by atoms with Gasteiger partial charge in [-0.25, -0.2) is 0 Å². The molecule has 1 atom stereocenters. The molecule has 2 saturated heterocycles. The Hall–Kier alpha value is -1.42. The number of rotatable bonds is 3. The summed E-state index contributed by atoms with van der Waals surface area (Å²) in [5.41, 5.74) is 8.30. The molecule has 2 aliphatic rings. The van der Waals surface area contributed by atoms with Gasteiger partial charge in [0, 0.05) is 25.7 Å². The Morgan fingerprint density at radius 3 is 2.81 bits per heavy atom. The monoisotopic (exact) mass is 289 g/mol. The predicted molar refractivity (Wildman–Crippen MR) is 88.0 cm³/mol. The van der Waals surface area contributed by atoms with Gasteiger partial charge in [-0.15, -0.1) is 0 Å². The van der Waals surface area contributed by atoms with Gasteiger partial charge in [0.25, 0.3) is 0 Å². The number of fused-ring (bicyclic) bond motifs is 1. The first-order chi connectivity index (χ1) is 10.1. The molecule has 0 bridgehead atoms. The van der Waals surface area contributed by atoms with E-state index in [1.165, 1.54) is 32.4 Å². The summed E-state index contributed by atoms with van der Waals surface area (Å²) in [4.78, 5) is 5.10. The lowest BCUT2D eigenvalue weighted by Crippen LogP contribution is -2.36. The van der Waals surface area contributed by atoms with Crippen molar-refractivity contribution in [3.8, 4) is 5.75 Å². The van der Waals surface area contributed by atoms with Crippen molar-refractivity contribution in [3.05, 3.63) is 18.2 Å². The molecule has 0 saturated carbocycles. The average Bonchev–Trinajstić information content (AvgIpc) is 2.78. The predicted octanol–water partition coefficient (Wildman–Crippen LogP) is 2.73. The van der Waals surface area contributed by atoms with Crippen LogP contribution in [0.1, 0.15) is 33.1 Å². The smallest absolute Gasteiger partial charge is 0.144 e. The van der Waals surface area contributed by atoms with Gasteiger partial charge in [0.15, 0.2) is 0 Å². The molecule has 4 nitrogen and oxygen atoms in total. The molecule has 0 spiro atoms. The molecule has 2 N–H and O–H groups in total. The van der Waals surface area contributed by atoms with Crippen molar-refractivity contribution in [1.82, 2.24) is 4.90 Å². The minimum absolute atomic E-state index is 0.150. The molecule has 21 heavy (non-hydrogen) atoms. The van der Waals surface area contributed by atoms with E-state index in [1.54, 1.807) is 0 Å². The second-order valence-electron chi connectivity index (χ2n) is 6.49. The minimum Gasteiger partial charge on any atom is -0.489 e. The van der Waals surface area contributed by atoms with Crippen LogP contribution in [0.25, 0.3) is 0 Å². The molecule has 1 aromatic rings. The Kier molecular flexibility index (Phi) is 4.24. The van der Waals surface area contributed by atoms with Crippen molar-refractivity contribution in [2.24, 2.45) is 0 Å². The largest absolute Gasteiger partial charge is 0.489 e. The van der Waals surface area contributed by atoms with E-state index in [9.17, 15) is 0 Å². The molecule has 0 amide bonds. The van der Waals surface area contributed by atoms with Gasteiger partial charge in [0.2, 0.25) is 0 Å². The van der Waals surface area contributed by atoms with Crippen LogP contribution in [0.2, 0.25) is 0 Å². The SMILES string of the molecule is CC(C)Oc1cccc(N2CCCN3CCCC3C2)c1N. The number of anilines is 2. The first-order valence-electron chi connectivity index (χ1n) is 8.19. The molecule has 4 heteroatoms. The Bertz CT molecular complexity index is 489. The van der Waals surface area contributed by atoms with Crippen LogP contribution in [-0.4, -0.2) is 43.2 Å². The highest BCUT2D eigenvalue weighted by Crippen LogP contribution is 2.34. The molecule has 0 aliphatic carbocycles. The second-order valence-corrected chi connectivity index (χ2v) is 6.49. The quantitative estimate of drug-likeness (QED) is 0.869. The molecular weight excluding hydrogens is 262 g/mol. The molecule has 0 aromatic heterocycles. The summed E-state index contributed by atoms with van der Waals surface area (Å²) < 4.78 is 5.83. The standard InChI is InChI=1S/C17H27N3O/c1-13(2)21-16-8-3-7-15(17(16)18)20-11-5-10-19-9-4-6-14(19)12-20/h3,7-8,13-14H,4-6,9-12,18H2,1-2H3. The fourth-order valence-corrected chi connectivity index (χ4v) is 3.59. The highest BCUT2D eigenvalue weighted by atomic mass is 16.5. The summed E-state index contributed by atoms with van der Waals surface area (Å²) in [6.45, 7) is 8.74. The molecule has 1 unspecified atom stereocenters. The van der Waals surface area contributed by atoms with Crippen molar-refractivity contribution < 1.29 is 4.74 Å². The van der Waals surface area contributed by atoms with Gasteiger partial charge in [-0.2, -0.15) is 0 Å². The van der Waals surface area contributed by atoms with E-state index >= 15 is 0 Å². The Morgan fingerprint density at radius 1 is 1.19 bits per heavy atom. The third-order valence-electron chi connectivity index (χ3n) is 4.55. The first-order valence-corrected chi connectivity index (χ1v) is 8.19. The van der Waals surface area contributed by atoms with Crippen LogP contribution in [0.5, 0.6) is 5.75 Å². The summed E-state index contributed by atoms with van der Waals surface area (Å²) in [5, 5.41) is 0.